The van der Waals surface area contributed by atoms with Crippen LogP contribution in [0, 0.1) is 17.6 Å². The van der Waals surface area contributed by atoms with Crippen molar-refractivity contribution in [1.29, 1.82) is 0 Å². The monoisotopic (exact) mass is 282 g/mol. The number of hydrogen-bond donors (Lipinski definition) is 1. The lowest BCUT2D eigenvalue weighted by molar-refractivity contribution is 0.157. The second kappa shape index (κ2) is 7.14. The number of halogens is 2. The molecule has 1 aliphatic rings. The highest BCUT2D eigenvalue weighted by Crippen LogP contribution is 2.22. The molecule has 2 rings (SSSR count). The minimum absolute atomic E-state index is 0.490. The van der Waals surface area contributed by atoms with Gasteiger partial charge in [0.2, 0.25) is 0 Å². The maximum Gasteiger partial charge on any atom is 0.126 e. The van der Waals surface area contributed by atoms with Crippen LogP contribution >= 0.6 is 0 Å². The van der Waals surface area contributed by atoms with Gasteiger partial charge in [-0.1, -0.05) is 6.92 Å². The quantitative estimate of drug-likeness (QED) is 0.892. The second-order valence-corrected chi connectivity index (χ2v) is 5.74. The zero-order valence-electron chi connectivity index (χ0n) is 12.3. The van der Waals surface area contributed by atoms with E-state index < -0.39 is 11.6 Å². The molecule has 112 valence electrons. The summed E-state index contributed by atoms with van der Waals surface area (Å²) in [4.78, 5) is 2.28. The third-order valence-corrected chi connectivity index (χ3v) is 4.19. The van der Waals surface area contributed by atoms with Gasteiger partial charge in [0.1, 0.15) is 11.6 Å². The van der Waals surface area contributed by atoms with Gasteiger partial charge in [-0.2, -0.15) is 0 Å². The highest BCUT2D eigenvalue weighted by atomic mass is 19.1. The van der Waals surface area contributed by atoms with Gasteiger partial charge in [0.05, 0.1) is 0 Å². The molecule has 0 saturated carbocycles. The van der Waals surface area contributed by atoms with Crippen molar-refractivity contribution >= 4 is 0 Å². The number of nitrogens with one attached hydrogen (secondary N) is 1. The van der Waals surface area contributed by atoms with E-state index in [1.54, 1.807) is 0 Å². The number of nitrogens with zero attached hydrogens (tertiary/aromatic N) is 1. The van der Waals surface area contributed by atoms with Crippen molar-refractivity contribution < 1.29 is 8.78 Å². The molecule has 1 aliphatic heterocycles. The molecule has 0 radical (unpaired) electrons. The standard InChI is InChI=1S/C16H24F2N2/c1-3-19-12(2)14-4-6-20(7-5-14)11-13-8-15(17)10-16(18)9-13/h8-10,12,14,19H,3-7,11H2,1-2H3. The summed E-state index contributed by atoms with van der Waals surface area (Å²) in [7, 11) is 0. The summed E-state index contributed by atoms with van der Waals surface area (Å²) < 4.78 is 26.3. The van der Waals surface area contributed by atoms with Crippen LogP contribution in [0.5, 0.6) is 0 Å². The molecule has 1 atom stereocenters. The summed E-state index contributed by atoms with van der Waals surface area (Å²) in [5.74, 6) is -0.276. The van der Waals surface area contributed by atoms with Crippen molar-refractivity contribution in [3.05, 3.63) is 35.4 Å². The topological polar surface area (TPSA) is 15.3 Å². The first-order chi connectivity index (χ1) is 9.58. The van der Waals surface area contributed by atoms with E-state index in [2.05, 4.69) is 24.1 Å². The van der Waals surface area contributed by atoms with Gasteiger partial charge in [0.15, 0.2) is 0 Å². The molecule has 1 fully saturated rings. The molecule has 0 aliphatic carbocycles. The van der Waals surface area contributed by atoms with Crippen molar-refractivity contribution in [2.75, 3.05) is 19.6 Å². The lowest BCUT2D eigenvalue weighted by Crippen LogP contribution is -2.41. The molecule has 0 aromatic heterocycles. The van der Waals surface area contributed by atoms with Gasteiger partial charge in [0.25, 0.3) is 0 Å². The van der Waals surface area contributed by atoms with Gasteiger partial charge in [-0.15, -0.1) is 0 Å². The van der Waals surface area contributed by atoms with Crippen LogP contribution in [0.4, 0.5) is 8.78 Å². The molecule has 4 heteroatoms. The van der Waals surface area contributed by atoms with Crippen molar-refractivity contribution in [2.45, 2.75) is 39.3 Å². The summed E-state index contributed by atoms with van der Waals surface area (Å²) in [6.45, 7) is 8.01. The molecule has 1 unspecified atom stereocenters. The van der Waals surface area contributed by atoms with E-state index >= 15 is 0 Å². The average Bonchev–Trinajstić information content (AvgIpc) is 2.38. The molecule has 1 saturated heterocycles. The summed E-state index contributed by atoms with van der Waals surface area (Å²) >= 11 is 0. The van der Waals surface area contributed by atoms with Gasteiger partial charge in [-0.05, 0) is 63.0 Å². The van der Waals surface area contributed by atoms with E-state index in [1.165, 1.54) is 12.1 Å². The molecule has 0 amide bonds. The van der Waals surface area contributed by atoms with Crippen LogP contribution in [0.2, 0.25) is 0 Å². The van der Waals surface area contributed by atoms with E-state index in [0.29, 0.717) is 18.5 Å². The molecule has 2 nitrogen and oxygen atoms in total. The van der Waals surface area contributed by atoms with Crippen molar-refractivity contribution in [1.82, 2.24) is 10.2 Å². The molecular weight excluding hydrogens is 258 g/mol. The van der Waals surface area contributed by atoms with Crippen LogP contribution in [0.15, 0.2) is 18.2 Å². The van der Waals surface area contributed by atoms with Crippen LogP contribution < -0.4 is 5.32 Å². The fourth-order valence-electron chi connectivity index (χ4n) is 3.06. The third-order valence-electron chi connectivity index (χ3n) is 4.19. The Bertz CT molecular complexity index is 408. The van der Waals surface area contributed by atoms with Gasteiger partial charge >= 0.3 is 0 Å². The minimum Gasteiger partial charge on any atom is -0.314 e. The summed E-state index contributed by atoms with van der Waals surface area (Å²) in [6.07, 6.45) is 2.29. The van der Waals surface area contributed by atoms with E-state index in [0.717, 1.165) is 44.1 Å². The van der Waals surface area contributed by atoms with Gasteiger partial charge in [-0.3, -0.25) is 4.90 Å². The molecule has 0 spiro atoms. The second-order valence-electron chi connectivity index (χ2n) is 5.74. The smallest absolute Gasteiger partial charge is 0.126 e. The van der Waals surface area contributed by atoms with Gasteiger partial charge in [0, 0.05) is 18.7 Å². The number of hydrogen-bond acceptors (Lipinski definition) is 2. The summed E-state index contributed by atoms with van der Waals surface area (Å²) in [5, 5.41) is 3.48. The predicted octanol–water partition coefficient (Wildman–Crippen LogP) is 3.17. The molecule has 1 N–H and O–H groups in total. The predicted molar refractivity (Wildman–Crippen MR) is 77.5 cm³/mol. The van der Waals surface area contributed by atoms with Crippen LogP contribution in [-0.2, 0) is 6.54 Å². The summed E-state index contributed by atoms with van der Waals surface area (Å²) in [6, 6.07) is 4.33. The first kappa shape index (κ1) is 15.4. The van der Waals surface area contributed by atoms with E-state index in [-0.39, 0.29) is 0 Å². The van der Waals surface area contributed by atoms with Crippen molar-refractivity contribution in [3.8, 4) is 0 Å². The number of rotatable bonds is 5. The van der Waals surface area contributed by atoms with Crippen molar-refractivity contribution in [2.24, 2.45) is 5.92 Å². The zero-order chi connectivity index (χ0) is 14.5. The molecule has 20 heavy (non-hydrogen) atoms. The minimum atomic E-state index is -0.490. The van der Waals surface area contributed by atoms with E-state index in [9.17, 15) is 8.78 Å². The van der Waals surface area contributed by atoms with Gasteiger partial charge in [-0.25, -0.2) is 8.78 Å². The van der Waals surface area contributed by atoms with E-state index in [1.807, 2.05) is 0 Å². The number of piperidine rings is 1. The Morgan fingerprint density at radius 3 is 2.35 bits per heavy atom. The molecule has 1 aromatic rings. The largest absolute Gasteiger partial charge is 0.314 e. The SMILES string of the molecule is CCNC(C)C1CCN(Cc2cc(F)cc(F)c2)CC1. The Balaban J connectivity index is 1.85. The zero-order valence-corrected chi connectivity index (χ0v) is 12.3. The Labute approximate surface area is 120 Å². The lowest BCUT2D eigenvalue weighted by Gasteiger charge is -2.35. The average molecular weight is 282 g/mol. The van der Waals surface area contributed by atoms with Gasteiger partial charge < -0.3 is 5.32 Å². The fraction of sp³-hybridized carbons (Fsp3) is 0.625. The molecular formula is C16H24F2N2. The Kier molecular flexibility index (Phi) is 5.49. The van der Waals surface area contributed by atoms with Crippen LogP contribution in [0.25, 0.3) is 0 Å². The highest BCUT2D eigenvalue weighted by molar-refractivity contribution is 5.17. The number of likely N-dealkylation sites (tertiary alicyclic amines) is 1. The normalized spacial score (nSPS) is 19.2. The van der Waals surface area contributed by atoms with Crippen LogP contribution in [0.3, 0.4) is 0 Å². The first-order valence-corrected chi connectivity index (χ1v) is 7.49. The molecule has 0 bridgehead atoms. The first-order valence-electron chi connectivity index (χ1n) is 7.49. The van der Waals surface area contributed by atoms with Crippen LogP contribution in [0.1, 0.15) is 32.3 Å². The maximum atomic E-state index is 13.2. The summed E-state index contributed by atoms with van der Waals surface area (Å²) in [5.41, 5.74) is 0.723. The Morgan fingerprint density at radius 1 is 1.20 bits per heavy atom. The lowest BCUT2D eigenvalue weighted by atomic mass is 9.90. The Hall–Kier alpha value is -1.00. The highest BCUT2D eigenvalue weighted by Gasteiger charge is 2.23. The maximum absolute atomic E-state index is 13.2. The molecule has 1 aromatic carbocycles. The van der Waals surface area contributed by atoms with Crippen molar-refractivity contribution in [3.63, 3.8) is 0 Å². The number of benzene rings is 1. The van der Waals surface area contributed by atoms with Crippen LogP contribution in [-0.4, -0.2) is 30.6 Å². The Morgan fingerprint density at radius 2 is 1.80 bits per heavy atom. The molecule has 1 heterocycles. The fourth-order valence-corrected chi connectivity index (χ4v) is 3.06. The third kappa shape index (κ3) is 4.25. The van der Waals surface area contributed by atoms with E-state index in [4.69, 9.17) is 0 Å².